The van der Waals surface area contributed by atoms with Crippen LogP contribution in [-0.4, -0.2) is 63.6 Å². The van der Waals surface area contributed by atoms with Gasteiger partial charge in [0, 0.05) is 25.9 Å². The van der Waals surface area contributed by atoms with Gasteiger partial charge in [0.2, 0.25) is 5.88 Å². The molecule has 3 rings (SSSR count). The largest absolute Gasteiger partial charge is 0.473 e. The fourth-order valence-electron chi connectivity index (χ4n) is 3.78. The Labute approximate surface area is 206 Å². The zero-order valence-corrected chi connectivity index (χ0v) is 19.4. The Balaban J connectivity index is 1.87. The molecule has 0 aliphatic carbocycles. The van der Waals surface area contributed by atoms with E-state index >= 15 is 0 Å². The summed E-state index contributed by atoms with van der Waals surface area (Å²) in [5.41, 5.74) is -2.36. The van der Waals surface area contributed by atoms with Crippen molar-refractivity contribution < 1.29 is 40.3 Å². The molecule has 0 spiro atoms. The lowest BCUT2D eigenvalue weighted by Crippen LogP contribution is -2.58. The zero-order chi connectivity index (χ0) is 27.5. The van der Waals surface area contributed by atoms with Crippen molar-refractivity contribution in [1.29, 1.82) is 5.41 Å². The molecular weight excluding hydrogens is 513 g/mol. The highest BCUT2D eigenvalue weighted by molar-refractivity contribution is 6.54. The van der Waals surface area contributed by atoms with Crippen LogP contribution in [0.5, 0.6) is 5.88 Å². The van der Waals surface area contributed by atoms with E-state index in [0.29, 0.717) is 11.1 Å². The highest BCUT2D eigenvalue weighted by Crippen LogP contribution is 2.36. The predicted octanol–water partition coefficient (Wildman–Crippen LogP) is 3.70. The summed E-state index contributed by atoms with van der Waals surface area (Å²) in [5, 5.41) is 10.9. The molecule has 2 aromatic rings. The quantitative estimate of drug-likeness (QED) is 0.415. The van der Waals surface area contributed by atoms with Crippen molar-refractivity contribution in [2.45, 2.75) is 31.5 Å². The van der Waals surface area contributed by atoms with E-state index in [2.05, 4.69) is 20.3 Å². The van der Waals surface area contributed by atoms with Gasteiger partial charge in [0.1, 0.15) is 12.3 Å². The average Bonchev–Trinajstić information content (AvgIpc) is 2.81. The molecule has 2 atom stereocenters. The first-order valence-corrected chi connectivity index (χ1v) is 10.7. The van der Waals surface area contributed by atoms with E-state index < -0.39 is 78.3 Å². The van der Waals surface area contributed by atoms with Crippen LogP contribution in [-0.2, 0) is 11.0 Å². The number of rotatable bonds is 7. The first-order chi connectivity index (χ1) is 17.2. The van der Waals surface area contributed by atoms with Crippen LogP contribution in [0.25, 0.3) is 5.57 Å². The summed E-state index contributed by atoms with van der Waals surface area (Å²) in [7, 11) is 1.43. The number of piperidine rings is 1. The van der Waals surface area contributed by atoms with E-state index in [1.54, 1.807) is 0 Å². The molecule has 0 radical (unpaired) electrons. The Bertz CT molecular complexity index is 1190. The number of hydrogen-bond donors (Lipinski definition) is 2. The van der Waals surface area contributed by atoms with Gasteiger partial charge in [-0.15, -0.1) is 0 Å². The Morgan fingerprint density at radius 2 is 1.89 bits per heavy atom. The molecular formula is C22H21F7N6O2. The monoisotopic (exact) mass is 534 g/mol. The van der Waals surface area contributed by atoms with Gasteiger partial charge in [0.25, 0.3) is 11.8 Å². The first-order valence-electron chi connectivity index (χ1n) is 10.7. The van der Waals surface area contributed by atoms with Crippen LogP contribution in [0, 0.1) is 23.0 Å². The number of carbonyl (C=O) groups is 1. The highest BCUT2D eigenvalue weighted by atomic mass is 19.4. The minimum atomic E-state index is -4.84. The molecule has 1 amide bonds. The van der Waals surface area contributed by atoms with E-state index in [9.17, 15) is 35.5 Å². The van der Waals surface area contributed by atoms with Gasteiger partial charge in [-0.25, -0.2) is 32.5 Å². The number of amides is 1. The average molecular weight is 534 g/mol. The van der Waals surface area contributed by atoms with Gasteiger partial charge in [-0.1, -0.05) is 6.92 Å². The predicted molar refractivity (Wildman–Crippen MR) is 116 cm³/mol. The minimum Gasteiger partial charge on any atom is -0.473 e. The van der Waals surface area contributed by atoms with Crippen molar-refractivity contribution in [3.8, 4) is 5.88 Å². The fourth-order valence-corrected chi connectivity index (χ4v) is 3.78. The normalized spacial score (nSPS) is 19.9. The maximum absolute atomic E-state index is 14.4. The third kappa shape index (κ3) is 6.51. The van der Waals surface area contributed by atoms with E-state index in [-0.39, 0.29) is 17.5 Å². The second-order valence-electron chi connectivity index (χ2n) is 8.30. The van der Waals surface area contributed by atoms with E-state index in [1.807, 2.05) is 0 Å². The lowest BCUT2D eigenvalue weighted by atomic mass is 9.88. The van der Waals surface area contributed by atoms with Crippen molar-refractivity contribution in [2.75, 3.05) is 20.2 Å². The highest BCUT2D eigenvalue weighted by Gasteiger charge is 2.47. The van der Waals surface area contributed by atoms with Gasteiger partial charge in [0.15, 0.2) is 17.5 Å². The van der Waals surface area contributed by atoms with Crippen molar-refractivity contribution >= 4 is 17.2 Å². The first kappa shape index (κ1) is 27.8. The van der Waals surface area contributed by atoms with Crippen LogP contribution in [0.15, 0.2) is 30.9 Å². The molecule has 3 heterocycles. The molecule has 0 saturated carbocycles. The molecule has 2 N–H and O–H groups in total. The van der Waals surface area contributed by atoms with Gasteiger partial charge < -0.3 is 15.0 Å². The molecule has 8 nitrogen and oxygen atoms in total. The maximum Gasteiger partial charge on any atom is 0.417 e. The van der Waals surface area contributed by atoms with Crippen LogP contribution >= 0.6 is 0 Å². The molecule has 1 aliphatic heterocycles. The van der Waals surface area contributed by atoms with E-state index in [0.717, 1.165) is 18.6 Å². The Hall–Kier alpha value is -3.78. The summed E-state index contributed by atoms with van der Waals surface area (Å²) in [5.74, 6) is -8.67. The Morgan fingerprint density at radius 3 is 2.46 bits per heavy atom. The number of hydrogen-bond acceptors (Lipinski definition) is 7. The van der Waals surface area contributed by atoms with Crippen LogP contribution < -0.4 is 10.1 Å². The molecule has 200 valence electrons. The lowest BCUT2D eigenvalue weighted by molar-refractivity contribution is -0.148. The summed E-state index contributed by atoms with van der Waals surface area (Å²) in [4.78, 5) is 24.6. The number of nitrogens with one attached hydrogen (secondary N) is 2. The minimum absolute atomic E-state index is 0.177. The zero-order valence-electron chi connectivity index (χ0n) is 19.4. The number of carbonyl (C=O) groups excluding carboxylic acids is 1. The van der Waals surface area contributed by atoms with Gasteiger partial charge >= 0.3 is 6.18 Å². The maximum atomic E-state index is 14.4. The summed E-state index contributed by atoms with van der Waals surface area (Å²) < 4.78 is 99.7. The number of likely N-dealkylation sites (tertiary alicyclic amines) is 1. The number of alkyl halides is 5. The standard InChI is InChI=1S/C22H21F7N6O2/c1-11-4-21(25,26)10-35(16(11)9-37-19-15(24)3-12(5-34-19)22(27,28)29)20(36)17(30)14(8-31-2)18-32-6-13(23)7-33-18/h3,5-8,11,16,30-31H,4,9-10H2,1-2H3/b14-8+,30-17?/t11-,16-/m1/s1. The smallest absolute Gasteiger partial charge is 0.417 e. The van der Waals surface area contributed by atoms with Gasteiger partial charge in [-0.2, -0.15) is 13.2 Å². The second kappa shape index (κ2) is 10.7. The molecule has 0 aromatic carbocycles. The third-order valence-corrected chi connectivity index (χ3v) is 5.50. The number of ether oxygens (including phenoxy) is 1. The van der Waals surface area contributed by atoms with E-state index in [1.165, 1.54) is 14.0 Å². The molecule has 0 unspecified atom stereocenters. The van der Waals surface area contributed by atoms with Gasteiger partial charge in [0.05, 0.1) is 36.1 Å². The molecule has 0 bridgehead atoms. The van der Waals surface area contributed by atoms with Crippen LogP contribution in [0.1, 0.15) is 24.7 Å². The molecule has 15 heteroatoms. The lowest BCUT2D eigenvalue weighted by Gasteiger charge is -2.43. The number of halogens is 7. The molecule has 1 saturated heterocycles. The van der Waals surface area contributed by atoms with E-state index in [4.69, 9.17) is 10.1 Å². The third-order valence-electron chi connectivity index (χ3n) is 5.50. The second-order valence-corrected chi connectivity index (χ2v) is 8.30. The van der Waals surface area contributed by atoms with Crippen molar-refractivity contribution in [2.24, 2.45) is 5.92 Å². The molecule has 1 fully saturated rings. The SMILES string of the molecule is CN/C=C(\C(=N)C(=O)N1CC(F)(F)C[C@@H](C)[C@H]1COc1ncc(C(F)(F)F)cc1F)c1ncc(F)cn1. The van der Waals surface area contributed by atoms with Gasteiger partial charge in [-0.05, 0) is 12.0 Å². The topological polar surface area (TPSA) is 104 Å². The number of nitrogens with zero attached hydrogens (tertiary/aromatic N) is 4. The van der Waals surface area contributed by atoms with Crippen LogP contribution in [0.3, 0.4) is 0 Å². The molecule has 2 aromatic heterocycles. The Morgan fingerprint density at radius 1 is 1.24 bits per heavy atom. The van der Waals surface area contributed by atoms with Crippen molar-refractivity contribution in [3.05, 3.63) is 53.9 Å². The van der Waals surface area contributed by atoms with Gasteiger partial charge in [-0.3, -0.25) is 10.2 Å². The summed E-state index contributed by atoms with van der Waals surface area (Å²) in [6.07, 6.45) is -2.40. The summed E-state index contributed by atoms with van der Waals surface area (Å²) in [6, 6.07) is -0.947. The number of aromatic nitrogens is 3. The summed E-state index contributed by atoms with van der Waals surface area (Å²) in [6.45, 7) is -0.314. The van der Waals surface area contributed by atoms with Crippen LogP contribution in [0.4, 0.5) is 30.7 Å². The van der Waals surface area contributed by atoms with Crippen LogP contribution in [0.2, 0.25) is 0 Å². The van der Waals surface area contributed by atoms with Crippen molar-refractivity contribution in [1.82, 2.24) is 25.2 Å². The summed E-state index contributed by atoms with van der Waals surface area (Å²) >= 11 is 0. The Kier molecular flexibility index (Phi) is 8.03. The number of pyridine rings is 1. The fraction of sp³-hybridized carbons (Fsp3) is 0.409. The van der Waals surface area contributed by atoms with Crippen molar-refractivity contribution in [3.63, 3.8) is 0 Å². The molecule has 1 aliphatic rings. The molecule has 37 heavy (non-hydrogen) atoms.